The van der Waals surface area contributed by atoms with Gasteiger partial charge in [-0.25, -0.2) is 8.42 Å². The Bertz CT molecular complexity index is 440. The number of sulfonamides is 1. The Hall–Kier alpha value is -0.730. The first-order chi connectivity index (χ1) is 7.98. The van der Waals surface area contributed by atoms with E-state index in [1.807, 2.05) is 0 Å². The third kappa shape index (κ3) is 2.04. The Morgan fingerprint density at radius 1 is 1.29 bits per heavy atom. The zero-order valence-electron chi connectivity index (χ0n) is 9.45. The van der Waals surface area contributed by atoms with Crippen LogP contribution in [0.3, 0.4) is 0 Å². The van der Waals surface area contributed by atoms with Crippen molar-refractivity contribution in [3.63, 3.8) is 0 Å². The molecule has 0 aromatic rings. The van der Waals surface area contributed by atoms with Crippen LogP contribution in [0.5, 0.6) is 0 Å². The molecule has 0 saturated carbocycles. The van der Waals surface area contributed by atoms with Gasteiger partial charge in [0.1, 0.15) is 0 Å². The molecule has 1 aliphatic carbocycles. The van der Waals surface area contributed by atoms with Crippen LogP contribution in [-0.2, 0) is 14.8 Å². The molecular formula is C10H17N3O3S. The maximum atomic E-state index is 12.5. The van der Waals surface area contributed by atoms with E-state index >= 15 is 0 Å². The molecule has 1 aliphatic heterocycles. The number of nitrogens with two attached hydrogens (primary N) is 2. The molecule has 0 aromatic heterocycles. The molecule has 4 N–H and O–H groups in total. The van der Waals surface area contributed by atoms with Crippen LogP contribution in [0.15, 0.2) is 24.3 Å². The van der Waals surface area contributed by atoms with E-state index in [9.17, 15) is 8.42 Å². The van der Waals surface area contributed by atoms with Crippen molar-refractivity contribution in [2.24, 2.45) is 11.5 Å². The van der Waals surface area contributed by atoms with E-state index in [0.29, 0.717) is 26.3 Å². The highest BCUT2D eigenvalue weighted by atomic mass is 32.2. The van der Waals surface area contributed by atoms with Gasteiger partial charge in [-0.2, -0.15) is 4.31 Å². The fourth-order valence-corrected chi connectivity index (χ4v) is 3.67. The number of nitrogens with zero attached hydrogens (tertiary/aromatic N) is 1. The second-order valence-corrected chi connectivity index (χ2v) is 6.31. The van der Waals surface area contributed by atoms with Crippen molar-refractivity contribution >= 4 is 10.0 Å². The minimum Gasteiger partial charge on any atom is -0.379 e. The lowest BCUT2D eigenvalue weighted by molar-refractivity contribution is 0.0720. The smallest absolute Gasteiger partial charge is 0.238 e. The SMILES string of the molecule is NC1C=CC=CC1(N)S(=O)(=O)N1CCOCC1. The number of hydrogen-bond acceptors (Lipinski definition) is 5. The maximum absolute atomic E-state index is 12.5. The summed E-state index contributed by atoms with van der Waals surface area (Å²) in [5, 5.41) is 0. The van der Waals surface area contributed by atoms with E-state index in [1.54, 1.807) is 18.2 Å². The molecule has 0 bridgehead atoms. The van der Waals surface area contributed by atoms with Gasteiger partial charge in [0.15, 0.2) is 4.87 Å². The highest BCUT2D eigenvalue weighted by molar-refractivity contribution is 7.90. The summed E-state index contributed by atoms with van der Waals surface area (Å²) < 4.78 is 31.4. The Morgan fingerprint density at radius 3 is 2.53 bits per heavy atom. The van der Waals surface area contributed by atoms with Crippen LogP contribution < -0.4 is 11.5 Å². The average Bonchev–Trinajstić information content (AvgIpc) is 2.34. The summed E-state index contributed by atoms with van der Waals surface area (Å²) in [6, 6.07) is -0.736. The van der Waals surface area contributed by atoms with E-state index in [-0.39, 0.29) is 0 Å². The Kier molecular flexibility index (Phi) is 3.37. The summed E-state index contributed by atoms with van der Waals surface area (Å²) in [6.07, 6.45) is 6.35. The van der Waals surface area contributed by atoms with E-state index < -0.39 is 20.9 Å². The van der Waals surface area contributed by atoms with Gasteiger partial charge in [0, 0.05) is 13.1 Å². The summed E-state index contributed by atoms with van der Waals surface area (Å²) in [5.74, 6) is 0. The summed E-state index contributed by atoms with van der Waals surface area (Å²) in [4.78, 5) is -1.56. The van der Waals surface area contributed by atoms with Crippen molar-refractivity contribution in [2.45, 2.75) is 10.9 Å². The Labute approximate surface area is 101 Å². The molecule has 2 rings (SSSR count). The third-order valence-electron chi connectivity index (χ3n) is 3.06. The molecular weight excluding hydrogens is 242 g/mol. The highest BCUT2D eigenvalue weighted by Crippen LogP contribution is 2.25. The number of ether oxygens (including phenoxy) is 1. The van der Waals surface area contributed by atoms with Crippen LogP contribution in [0, 0.1) is 0 Å². The van der Waals surface area contributed by atoms with Gasteiger partial charge in [-0.15, -0.1) is 0 Å². The van der Waals surface area contributed by atoms with Crippen LogP contribution in [0.2, 0.25) is 0 Å². The van der Waals surface area contributed by atoms with E-state index in [0.717, 1.165) is 0 Å². The molecule has 0 spiro atoms. The molecule has 2 unspecified atom stereocenters. The summed E-state index contributed by atoms with van der Waals surface area (Å²) in [7, 11) is -3.67. The molecule has 1 fully saturated rings. The standard InChI is InChI=1S/C10H17N3O3S/c11-9-3-1-2-4-10(9,12)17(14,15)13-5-7-16-8-6-13/h1-4,9H,5-8,11-12H2. The molecule has 7 heteroatoms. The van der Waals surface area contributed by atoms with Gasteiger partial charge in [-0.05, 0) is 6.08 Å². The number of hydrogen-bond donors (Lipinski definition) is 2. The molecule has 0 aromatic carbocycles. The van der Waals surface area contributed by atoms with Crippen LogP contribution in [0.4, 0.5) is 0 Å². The van der Waals surface area contributed by atoms with Crippen LogP contribution in [-0.4, -0.2) is 49.9 Å². The lowest BCUT2D eigenvalue weighted by Crippen LogP contribution is -2.64. The fraction of sp³-hybridized carbons (Fsp3) is 0.600. The van der Waals surface area contributed by atoms with Crippen molar-refractivity contribution < 1.29 is 13.2 Å². The Balaban J connectivity index is 2.31. The average molecular weight is 259 g/mol. The molecule has 17 heavy (non-hydrogen) atoms. The summed E-state index contributed by atoms with van der Waals surface area (Å²) >= 11 is 0. The van der Waals surface area contributed by atoms with Gasteiger partial charge in [0.2, 0.25) is 10.0 Å². The largest absolute Gasteiger partial charge is 0.379 e. The van der Waals surface area contributed by atoms with Gasteiger partial charge in [0.25, 0.3) is 0 Å². The maximum Gasteiger partial charge on any atom is 0.238 e. The van der Waals surface area contributed by atoms with Crippen molar-refractivity contribution in [3.05, 3.63) is 24.3 Å². The van der Waals surface area contributed by atoms with E-state index in [1.165, 1.54) is 10.4 Å². The lowest BCUT2D eigenvalue weighted by Gasteiger charge is -2.37. The number of allylic oxidation sites excluding steroid dienone is 2. The molecule has 6 nitrogen and oxygen atoms in total. The lowest BCUT2D eigenvalue weighted by atomic mass is 10.0. The molecule has 1 saturated heterocycles. The molecule has 96 valence electrons. The normalized spacial score (nSPS) is 35.1. The Morgan fingerprint density at radius 2 is 1.94 bits per heavy atom. The van der Waals surface area contributed by atoms with Gasteiger partial charge in [-0.3, -0.25) is 0 Å². The number of morpholine rings is 1. The van der Waals surface area contributed by atoms with Crippen LogP contribution in [0.1, 0.15) is 0 Å². The van der Waals surface area contributed by atoms with E-state index in [4.69, 9.17) is 16.2 Å². The van der Waals surface area contributed by atoms with Crippen molar-refractivity contribution in [1.29, 1.82) is 0 Å². The predicted molar refractivity (Wildman–Crippen MR) is 64.5 cm³/mol. The summed E-state index contributed by atoms with van der Waals surface area (Å²) in [6.45, 7) is 1.44. The third-order valence-corrected chi connectivity index (χ3v) is 5.41. The van der Waals surface area contributed by atoms with Crippen molar-refractivity contribution in [1.82, 2.24) is 4.31 Å². The fourth-order valence-electron chi connectivity index (χ4n) is 1.92. The first-order valence-electron chi connectivity index (χ1n) is 5.46. The zero-order valence-corrected chi connectivity index (χ0v) is 10.3. The van der Waals surface area contributed by atoms with Gasteiger partial charge < -0.3 is 16.2 Å². The first-order valence-corrected chi connectivity index (χ1v) is 6.90. The van der Waals surface area contributed by atoms with Gasteiger partial charge in [0.05, 0.1) is 19.3 Å². The zero-order chi connectivity index (χ0) is 12.5. The van der Waals surface area contributed by atoms with Crippen LogP contribution >= 0.6 is 0 Å². The van der Waals surface area contributed by atoms with Crippen LogP contribution in [0.25, 0.3) is 0 Å². The molecule has 2 atom stereocenters. The number of rotatable bonds is 2. The van der Waals surface area contributed by atoms with Gasteiger partial charge >= 0.3 is 0 Å². The quantitative estimate of drug-likeness (QED) is 0.646. The molecule has 0 amide bonds. The van der Waals surface area contributed by atoms with Crippen molar-refractivity contribution in [3.8, 4) is 0 Å². The monoisotopic (exact) mass is 259 g/mol. The van der Waals surface area contributed by atoms with Gasteiger partial charge in [-0.1, -0.05) is 18.2 Å². The predicted octanol–water partition coefficient (Wildman–Crippen LogP) is -1.24. The first kappa shape index (κ1) is 12.7. The van der Waals surface area contributed by atoms with E-state index in [2.05, 4.69) is 0 Å². The minimum atomic E-state index is -3.67. The topological polar surface area (TPSA) is 98.7 Å². The summed E-state index contributed by atoms with van der Waals surface area (Å²) in [5.41, 5.74) is 11.8. The highest BCUT2D eigenvalue weighted by Gasteiger charge is 2.46. The molecule has 2 aliphatic rings. The minimum absolute atomic E-state index is 0.325. The second kappa shape index (κ2) is 4.51. The molecule has 0 radical (unpaired) electrons. The molecule has 1 heterocycles. The second-order valence-electron chi connectivity index (χ2n) is 4.14. The van der Waals surface area contributed by atoms with Crippen molar-refractivity contribution in [2.75, 3.05) is 26.3 Å².